The molecule has 0 spiro atoms. The Morgan fingerprint density at radius 1 is 0.964 bits per heavy atom. The summed E-state index contributed by atoms with van der Waals surface area (Å²) in [6, 6.07) is 20.1. The molecule has 5 nitrogen and oxygen atoms in total. The number of pyridine rings is 1. The highest BCUT2D eigenvalue weighted by Gasteiger charge is 2.26. The molecule has 2 aromatic carbocycles. The lowest BCUT2D eigenvalue weighted by molar-refractivity contribution is -0.122. The first-order valence-corrected chi connectivity index (χ1v) is 8.98. The molecule has 1 fully saturated rings. The summed E-state index contributed by atoms with van der Waals surface area (Å²) in [7, 11) is 0. The van der Waals surface area contributed by atoms with Crippen LogP contribution in [0.5, 0.6) is 0 Å². The number of benzene rings is 2. The molecule has 0 saturated carbocycles. The molecule has 0 N–H and O–H groups in total. The maximum Gasteiger partial charge on any atom is 0.416 e. The van der Waals surface area contributed by atoms with Crippen molar-refractivity contribution in [1.82, 2.24) is 9.88 Å². The Kier molecular flexibility index (Phi) is 4.97. The zero-order valence-electron chi connectivity index (χ0n) is 15.1. The van der Waals surface area contributed by atoms with Crippen LogP contribution in [0.4, 0.5) is 4.79 Å². The fourth-order valence-electron chi connectivity index (χ4n) is 3.16. The first kappa shape index (κ1) is 17.7. The van der Waals surface area contributed by atoms with Gasteiger partial charge in [0, 0.05) is 18.5 Å². The van der Waals surface area contributed by atoms with Crippen LogP contribution in [0.25, 0.3) is 28.3 Å². The molecular weight excluding hydrogens is 352 g/mol. The van der Waals surface area contributed by atoms with E-state index in [2.05, 4.69) is 17.1 Å². The van der Waals surface area contributed by atoms with Crippen LogP contribution < -0.4 is 0 Å². The molecule has 0 radical (unpaired) electrons. The highest BCUT2D eigenvalue weighted by molar-refractivity contribution is 6.01. The summed E-state index contributed by atoms with van der Waals surface area (Å²) < 4.78 is 4.81. The molecular formula is C23H18N2O3. The van der Waals surface area contributed by atoms with Gasteiger partial charge in [-0.3, -0.25) is 9.78 Å². The zero-order valence-corrected chi connectivity index (χ0v) is 15.1. The SMILES string of the molecule is O=C(/C=C/c1ccc(-c2ccccc2)c(-c2ccncc2)c1)N1CCOC1=O. The summed E-state index contributed by atoms with van der Waals surface area (Å²) in [6.45, 7) is 0.535. The van der Waals surface area contributed by atoms with Crippen molar-refractivity contribution in [1.29, 1.82) is 0 Å². The van der Waals surface area contributed by atoms with Gasteiger partial charge in [-0.05, 0) is 52.1 Å². The van der Waals surface area contributed by atoms with Gasteiger partial charge >= 0.3 is 6.09 Å². The number of ether oxygens (including phenoxy) is 1. The van der Waals surface area contributed by atoms with Crippen molar-refractivity contribution < 1.29 is 14.3 Å². The minimum absolute atomic E-state index is 0.246. The summed E-state index contributed by atoms with van der Waals surface area (Å²) in [5.41, 5.74) is 5.16. The van der Waals surface area contributed by atoms with Crippen LogP contribution in [0.1, 0.15) is 5.56 Å². The topological polar surface area (TPSA) is 59.5 Å². The molecule has 138 valence electrons. The number of carbonyl (C=O) groups is 2. The fourth-order valence-corrected chi connectivity index (χ4v) is 3.16. The van der Waals surface area contributed by atoms with Gasteiger partial charge in [0.15, 0.2) is 0 Å². The number of hydrogen-bond acceptors (Lipinski definition) is 4. The number of rotatable bonds is 4. The van der Waals surface area contributed by atoms with Crippen LogP contribution in [-0.2, 0) is 9.53 Å². The molecule has 1 aliphatic heterocycles. The first-order valence-electron chi connectivity index (χ1n) is 8.98. The normalized spacial score (nSPS) is 13.7. The molecule has 0 aliphatic carbocycles. The first-order chi connectivity index (χ1) is 13.7. The summed E-state index contributed by atoms with van der Waals surface area (Å²) >= 11 is 0. The van der Waals surface area contributed by atoms with Gasteiger partial charge in [-0.15, -0.1) is 0 Å². The molecule has 28 heavy (non-hydrogen) atoms. The van der Waals surface area contributed by atoms with Crippen molar-refractivity contribution in [3.8, 4) is 22.3 Å². The van der Waals surface area contributed by atoms with Crippen molar-refractivity contribution in [3.63, 3.8) is 0 Å². The van der Waals surface area contributed by atoms with Crippen molar-refractivity contribution >= 4 is 18.1 Å². The van der Waals surface area contributed by atoms with Gasteiger partial charge < -0.3 is 4.74 Å². The van der Waals surface area contributed by atoms with Crippen molar-refractivity contribution in [3.05, 3.63) is 84.7 Å². The minimum atomic E-state index is -0.591. The monoisotopic (exact) mass is 370 g/mol. The van der Waals surface area contributed by atoms with Crippen LogP contribution in [0.15, 0.2) is 79.1 Å². The van der Waals surface area contributed by atoms with Crippen LogP contribution in [0, 0.1) is 0 Å². The molecule has 2 amide bonds. The van der Waals surface area contributed by atoms with Crippen LogP contribution >= 0.6 is 0 Å². The highest BCUT2D eigenvalue weighted by Crippen LogP contribution is 2.33. The summed E-state index contributed by atoms with van der Waals surface area (Å²) in [5.74, 6) is -0.375. The van der Waals surface area contributed by atoms with Crippen molar-refractivity contribution in [2.24, 2.45) is 0 Å². The standard InChI is InChI=1S/C23H18N2O3/c26-22(25-14-15-28-23(25)27)9-7-17-6-8-20(18-4-2-1-3-5-18)21(16-17)19-10-12-24-13-11-19/h1-13,16H,14-15H2/b9-7+. The minimum Gasteiger partial charge on any atom is -0.447 e. The summed E-state index contributed by atoms with van der Waals surface area (Å²) in [5, 5.41) is 0. The molecule has 0 unspecified atom stereocenters. The number of cyclic esters (lactones) is 1. The molecule has 0 bridgehead atoms. The van der Waals surface area contributed by atoms with E-state index in [1.54, 1.807) is 18.5 Å². The molecule has 1 aromatic heterocycles. The average Bonchev–Trinajstić information content (AvgIpc) is 3.19. The lowest BCUT2D eigenvalue weighted by Crippen LogP contribution is -2.29. The van der Waals surface area contributed by atoms with Crippen LogP contribution in [-0.4, -0.2) is 35.0 Å². The van der Waals surface area contributed by atoms with E-state index in [1.807, 2.05) is 48.5 Å². The van der Waals surface area contributed by atoms with Gasteiger partial charge in [0.2, 0.25) is 0 Å². The Balaban J connectivity index is 1.69. The van der Waals surface area contributed by atoms with Crippen LogP contribution in [0.3, 0.4) is 0 Å². The second kappa shape index (κ2) is 7.88. The van der Waals surface area contributed by atoms with E-state index in [4.69, 9.17) is 4.74 Å². The van der Waals surface area contributed by atoms with Gasteiger partial charge in [0.05, 0.1) is 6.54 Å². The Labute approximate surface area is 162 Å². The molecule has 4 rings (SSSR count). The summed E-state index contributed by atoms with van der Waals surface area (Å²) in [4.78, 5) is 28.9. The van der Waals surface area contributed by atoms with Crippen molar-refractivity contribution in [2.45, 2.75) is 0 Å². The predicted molar refractivity (Wildman–Crippen MR) is 107 cm³/mol. The second-order valence-electron chi connectivity index (χ2n) is 6.34. The van der Waals surface area contributed by atoms with E-state index in [0.717, 1.165) is 32.7 Å². The van der Waals surface area contributed by atoms with E-state index in [-0.39, 0.29) is 19.1 Å². The third-order valence-electron chi connectivity index (χ3n) is 4.56. The highest BCUT2D eigenvalue weighted by atomic mass is 16.6. The Hall–Kier alpha value is -3.73. The zero-order chi connectivity index (χ0) is 19.3. The van der Waals surface area contributed by atoms with Crippen LogP contribution in [0.2, 0.25) is 0 Å². The third kappa shape index (κ3) is 3.69. The lowest BCUT2D eigenvalue weighted by atomic mass is 9.93. The second-order valence-corrected chi connectivity index (χ2v) is 6.34. The predicted octanol–water partition coefficient (Wildman–Crippen LogP) is 4.41. The van der Waals surface area contributed by atoms with E-state index < -0.39 is 6.09 Å². The molecule has 3 aromatic rings. The largest absolute Gasteiger partial charge is 0.447 e. The van der Waals surface area contributed by atoms with E-state index in [0.29, 0.717) is 0 Å². The van der Waals surface area contributed by atoms with Gasteiger partial charge in [0.25, 0.3) is 5.91 Å². The number of nitrogens with zero attached hydrogens (tertiary/aromatic N) is 2. The molecule has 2 heterocycles. The Morgan fingerprint density at radius 3 is 2.43 bits per heavy atom. The molecule has 1 aliphatic rings. The number of amides is 2. The maximum atomic E-state index is 12.2. The van der Waals surface area contributed by atoms with E-state index in [1.165, 1.54) is 6.08 Å². The average molecular weight is 370 g/mol. The number of imide groups is 1. The molecule has 0 atom stereocenters. The van der Waals surface area contributed by atoms with E-state index in [9.17, 15) is 9.59 Å². The van der Waals surface area contributed by atoms with Gasteiger partial charge in [0.1, 0.15) is 6.61 Å². The quantitative estimate of drug-likeness (QED) is 0.639. The molecule has 5 heteroatoms. The number of aromatic nitrogens is 1. The smallest absolute Gasteiger partial charge is 0.416 e. The molecule has 1 saturated heterocycles. The Bertz CT molecular complexity index is 1030. The lowest BCUT2D eigenvalue weighted by Gasteiger charge is -2.12. The van der Waals surface area contributed by atoms with Gasteiger partial charge in [-0.2, -0.15) is 0 Å². The third-order valence-corrected chi connectivity index (χ3v) is 4.56. The van der Waals surface area contributed by atoms with Gasteiger partial charge in [-0.25, -0.2) is 9.69 Å². The summed E-state index contributed by atoms with van der Waals surface area (Å²) in [6.07, 6.45) is 6.05. The fraction of sp³-hybridized carbons (Fsp3) is 0.0870. The number of carbonyl (C=O) groups excluding carboxylic acids is 2. The Morgan fingerprint density at radius 2 is 1.71 bits per heavy atom. The number of hydrogen-bond donors (Lipinski definition) is 0. The maximum absolute atomic E-state index is 12.2. The van der Waals surface area contributed by atoms with Gasteiger partial charge in [-0.1, -0.05) is 42.5 Å². The van der Waals surface area contributed by atoms with Crippen molar-refractivity contribution in [2.75, 3.05) is 13.2 Å². The van der Waals surface area contributed by atoms with E-state index >= 15 is 0 Å².